The van der Waals surface area contributed by atoms with E-state index in [2.05, 4.69) is 10.6 Å². The number of rotatable bonds is 6. The minimum atomic E-state index is -4.60. The maximum atomic E-state index is 12.7. The van der Waals surface area contributed by atoms with Gasteiger partial charge in [0.15, 0.2) is 0 Å². The molecule has 0 unspecified atom stereocenters. The third-order valence-corrected chi connectivity index (χ3v) is 5.95. The molecule has 13 heteroatoms. The second-order valence-electron chi connectivity index (χ2n) is 8.12. The number of carbonyl (C=O) groups excluding carboxylic acids is 2. The number of ether oxygens (including phenoxy) is 1. The van der Waals surface area contributed by atoms with Gasteiger partial charge in [0.25, 0.3) is 17.5 Å². The van der Waals surface area contributed by atoms with E-state index in [4.69, 9.17) is 27.9 Å². The first-order chi connectivity index (χ1) is 19.4. The van der Waals surface area contributed by atoms with Crippen LogP contribution >= 0.6 is 23.2 Å². The molecule has 8 nitrogen and oxygen atoms in total. The number of benzene rings is 4. The van der Waals surface area contributed by atoms with E-state index in [9.17, 15) is 32.9 Å². The van der Waals surface area contributed by atoms with Crippen LogP contribution in [0.3, 0.4) is 0 Å². The highest BCUT2D eigenvalue weighted by Gasteiger charge is 2.33. The van der Waals surface area contributed by atoms with E-state index >= 15 is 0 Å². The summed E-state index contributed by atoms with van der Waals surface area (Å²) in [6, 6.07) is 22.2. The average molecular weight is 606 g/mol. The second-order valence-corrected chi connectivity index (χ2v) is 8.94. The maximum Gasteiger partial charge on any atom is 0.417 e. The molecule has 0 heterocycles. The highest BCUT2D eigenvalue weighted by molar-refractivity contribution is 6.33. The number of carbonyl (C=O) groups is 2. The summed E-state index contributed by atoms with van der Waals surface area (Å²) in [5.41, 5.74) is -0.271. The van der Waals surface area contributed by atoms with Crippen molar-refractivity contribution >= 4 is 52.1 Å². The zero-order valence-corrected chi connectivity index (χ0v) is 22.6. The lowest BCUT2D eigenvalue weighted by molar-refractivity contribution is -0.384. The predicted molar refractivity (Wildman–Crippen MR) is 150 cm³/mol. The molecule has 2 N–H and O–H groups in total. The van der Waals surface area contributed by atoms with Crippen molar-refractivity contribution in [1.82, 2.24) is 0 Å². The first-order valence-electron chi connectivity index (χ1n) is 11.5. The lowest BCUT2D eigenvalue weighted by Crippen LogP contribution is -2.14. The molecule has 0 aliphatic carbocycles. The Bertz CT molecular complexity index is 1570. The van der Waals surface area contributed by atoms with Crippen molar-refractivity contribution < 1.29 is 32.4 Å². The van der Waals surface area contributed by atoms with Crippen molar-refractivity contribution in [2.75, 3.05) is 17.7 Å². The van der Waals surface area contributed by atoms with Gasteiger partial charge in [-0.25, -0.2) is 0 Å². The summed E-state index contributed by atoms with van der Waals surface area (Å²) in [5, 5.41) is 15.5. The van der Waals surface area contributed by atoms with E-state index in [0.29, 0.717) is 17.1 Å². The van der Waals surface area contributed by atoms with Crippen LogP contribution in [0.2, 0.25) is 10.0 Å². The van der Waals surface area contributed by atoms with Gasteiger partial charge in [0.05, 0.1) is 22.6 Å². The molecule has 0 aromatic heterocycles. The SMILES string of the molecule is COc1cccc(NC(=O)c2ccc(Cl)c([N+](=O)[O-])c2)c1.O=C(Nc1ccccc1)c1ccc(Cl)c(C(F)(F)F)c1. The first-order valence-corrected chi connectivity index (χ1v) is 12.3. The molecule has 0 spiro atoms. The topological polar surface area (TPSA) is 111 Å². The number of nitrogens with zero attached hydrogens (tertiary/aromatic N) is 1. The largest absolute Gasteiger partial charge is 0.497 e. The van der Waals surface area contributed by atoms with Gasteiger partial charge in [0.1, 0.15) is 10.8 Å². The van der Waals surface area contributed by atoms with Gasteiger partial charge in [-0.2, -0.15) is 13.2 Å². The molecule has 0 bridgehead atoms. The van der Waals surface area contributed by atoms with Crippen molar-refractivity contribution in [2.45, 2.75) is 6.18 Å². The molecule has 0 radical (unpaired) electrons. The molecular formula is C28H20Cl2F3N3O5. The van der Waals surface area contributed by atoms with Gasteiger partial charge >= 0.3 is 6.18 Å². The monoisotopic (exact) mass is 605 g/mol. The van der Waals surface area contributed by atoms with Crippen LogP contribution in [0.15, 0.2) is 91.0 Å². The number of anilines is 2. The third kappa shape index (κ3) is 8.69. The number of nitrogens with one attached hydrogen (secondary N) is 2. The number of nitro benzene ring substituents is 1. The fourth-order valence-corrected chi connectivity index (χ4v) is 3.72. The van der Waals surface area contributed by atoms with Crippen LogP contribution in [0.1, 0.15) is 26.3 Å². The Labute approximate surface area is 241 Å². The van der Waals surface area contributed by atoms with Gasteiger partial charge in [0, 0.05) is 34.6 Å². The van der Waals surface area contributed by atoms with Gasteiger partial charge in [-0.1, -0.05) is 47.5 Å². The first kappa shape index (κ1) is 30.9. The Morgan fingerprint density at radius 2 is 1.34 bits per heavy atom. The number of alkyl halides is 3. The van der Waals surface area contributed by atoms with Crippen LogP contribution in [0.5, 0.6) is 5.75 Å². The van der Waals surface area contributed by atoms with Crippen molar-refractivity contribution in [3.8, 4) is 5.75 Å². The fraction of sp³-hybridized carbons (Fsp3) is 0.0714. The molecule has 0 fully saturated rings. The van der Waals surface area contributed by atoms with Gasteiger partial charge < -0.3 is 15.4 Å². The molecule has 0 aliphatic rings. The Balaban J connectivity index is 0.000000226. The molecule has 41 heavy (non-hydrogen) atoms. The molecular weight excluding hydrogens is 586 g/mol. The summed E-state index contributed by atoms with van der Waals surface area (Å²) in [5.74, 6) is -0.503. The zero-order chi connectivity index (χ0) is 30.2. The highest BCUT2D eigenvalue weighted by Crippen LogP contribution is 2.35. The number of hydrogen-bond acceptors (Lipinski definition) is 5. The number of nitro groups is 1. The predicted octanol–water partition coefficient (Wildman–Crippen LogP) is 8.12. The number of amides is 2. The van der Waals surface area contributed by atoms with E-state index < -0.39 is 33.5 Å². The molecule has 0 aliphatic heterocycles. The van der Waals surface area contributed by atoms with E-state index in [1.165, 1.54) is 25.3 Å². The number of halogens is 5. The summed E-state index contributed by atoms with van der Waals surface area (Å²) < 4.78 is 43.2. The minimum absolute atomic E-state index is 0.0158. The summed E-state index contributed by atoms with van der Waals surface area (Å²) in [4.78, 5) is 34.1. The number of hydrogen-bond donors (Lipinski definition) is 2. The second kappa shape index (κ2) is 13.6. The Hall–Kier alpha value is -4.61. The van der Waals surface area contributed by atoms with E-state index in [1.807, 2.05) is 0 Å². The van der Waals surface area contributed by atoms with Crippen LogP contribution in [-0.4, -0.2) is 23.8 Å². The molecule has 4 aromatic carbocycles. The van der Waals surface area contributed by atoms with Crippen LogP contribution in [0.25, 0.3) is 0 Å². The van der Waals surface area contributed by atoms with Crippen molar-refractivity contribution in [3.05, 3.63) is 128 Å². The molecule has 0 saturated carbocycles. The van der Waals surface area contributed by atoms with Gasteiger partial charge in [0.2, 0.25) is 0 Å². The fourth-order valence-electron chi connectivity index (χ4n) is 3.31. The molecule has 0 saturated heterocycles. The van der Waals surface area contributed by atoms with Crippen molar-refractivity contribution in [3.63, 3.8) is 0 Å². The van der Waals surface area contributed by atoms with E-state index in [1.54, 1.807) is 54.6 Å². The Morgan fingerprint density at radius 3 is 1.93 bits per heavy atom. The Morgan fingerprint density at radius 1 is 0.780 bits per heavy atom. The third-order valence-electron chi connectivity index (χ3n) is 5.30. The Kier molecular flexibility index (Phi) is 10.3. The van der Waals surface area contributed by atoms with Gasteiger partial charge in [-0.15, -0.1) is 0 Å². The van der Waals surface area contributed by atoms with Crippen LogP contribution in [0, 0.1) is 10.1 Å². The molecule has 4 aromatic rings. The molecule has 2 amide bonds. The van der Waals surface area contributed by atoms with E-state index in [0.717, 1.165) is 18.2 Å². The minimum Gasteiger partial charge on any atom is -0.497 e. The van der Waals surface area contributed by atoms with Crippen molar-refractivity contribution in [1.29, 1.82) is 0 Å². The van der Waals surface area contributed by atoms with Crippen LogP contribution in [-0.2, 0) is 6.18 Å². The van der Waals surface area contributed by atoms with Gasteiger partial charge in [-0.05, 0) is 54.6 Å². The summed E-state index contributed by atoms with van der Waals surface area (Å²) >= 11 is 11.2. The highest BCUT2D eigenvalue weighted by atomic mass is 35.5. The lowest BCUT2D eigenvalue weighted by atomic mass is 10.1. The standard InChI is InChI=1S/C14H9ClF3NO.C14H11ClN2O4/c15-12-7-6-9(8-11(12)14(16,17)18)13(20)19-10-4-2-1-3-5-10;1-21-11-4-2-3-10(8-11)16-14(18)9-5-6-12(15)13(7-9)17(19)20/h1-8H,(H,19,20);2-8H,1H3,(H,16,18). The quantitative estimate of drug-likeness (QED) is 0.170. The van der Waals surface area contributed by atoms with Gasteiger partial charge in [-0.3, -0.25) is 19.7 Å². The molecule has 0 atom stereocenters. The summed E-state index contributed by atoms with van der Waals surface area (Å²) in [6.07, 6.45) is -4.60. The smallest absolute Gasteiger partial charge is 0.417 e. The lowest BCUT2D eigenvalue weighted by Gasteiger charge is -2.11. The van der Waals surface area contributed by atoms with Crippen LogP contribution < -0.4 is 15.4 Å². The van der Waals surface area contributed by atoms with E-state index in [-0.39, 0.29) is 21.8 Å². The summed E-state index contributed by atoms with van der Waals surface area (Å²) in [6.45, 7) is 0. The number of para-hydroxylation sites is 1. The van der Waals surface area contributed by atoms with Crippen LogP contribution in [0.4, 0.5) is 30.2 Å². The molecule has 4 rings (SSSR count). The zero-order valence-electron chi connectivity index (χ0n) is 21.0. The summed E-state index contributed by atoms with van der Waals surface area (Å²) in [7, 11) is 1.52. The van der Waals surface area contributed by atoms with Crippen molar-refractivity contribution in [2.24, 2.45) is 0 Å². The number of methoxy groups -OCH3 is 1. The normalized spacial score (nSPS) is 10.6. The average Bonchev–Trinajstić information content (AvgIpc) is 2.93. The molecule has 212 valence electrons. The maximum absolute atomic E-state index is 12.7.